The van der Waals surface area contributed by atoms with Crippen molar-refractivity contribution in [2.45, 2.75) is 19.4 Å². The van der Waals surface area contributed by atoms with Gasteiger partial charge in [-0.1, -0.05) is 0 Å². The van der Waals surface area contributed by atoms with Crippen LogP contribution in [0, 0.1) is 6.92 Å². The van der Waals surface area contributed by atoms with Gasteiger partial charge < -0.3 is 15.7 Å². The number of amides is 1. The van der Waals surface area contributed by atoms with Gasteiger partial charge in [-0.3, -0.25) is 9.89 Å². The summed E-state index contributed by atoms with van der Waals surface area (Å²) in [5, 5.41) is 15.8. The molecule has 1 aromatic heterocycles. The second-order valence-corrected chi connectivity index (χ2v) is 3.80. The Morgan fingerprint density at radius 3 is 2.93 bits per heavy atom. The number of carbonyl (C=O) groups is 1. The van der Waals surface area contributed by atoms with Crippen LogP contribution in [0.25, 0.3) is 0 Å². The van der Waals surface area contributed by atoms with Gasteiger partial charge in [-0.15, -0.1) is 0 Å². The van der Waals surface area contributed by atoms with E-state index in [0.717, 1.165) is 0 Å². The van der Waals surface area contributed by atoms with E-state index in [4.69, 9.17) is 5.73 Å². The Bertz CT molecular complexity index is 387. The minimum Gasteiger partial charge on any atom is -0.395 e. The standard InChI is InChI=1S/C9H14N4O2/c1-5-7(10)8(12-11-5)9(15)13-3-2-6(14)4-13/h6,14H,2-4,10H2,1H3,(H,11,12). The molecular formula is C9H14N4O2. The van der Waals surface area contributed by atoms with Crippen LogP contribution < -0.4 is 5.73 Å². The van der Waals surface area contributed by atoms with Crippen molar-refractivity contribution in [3.8, 4) is 0 Å². The number of rotatable bonds is 1. The van der Waals surface area contributed by atoms with Crippen molar-refractivity contribution in [3.63, 3.8) is 0 Å². The molecule has 1 aliphatic rings. The van der Waals surface area contributed by atoms with Crippen molar-refractivity contribution in [2.24, 2.45) is 0 Å². The van der Waals surface area contributed by atoms with Crippen LogP contribution in [-0.4, -0.2) is 45.3 Å². The van der Waals surface area contributed by atoms with Crippen molar-refractivity contribution >= 4 is 11.6 Å². The summed E-state index contributed by atoms with van der Waals surface area (Å²) in [6, 6.07) is 0. The molecule has 1 amide bonds. The van der Waals surface area contributed by atoms with Crippen molar-refractivity contribution in [1.29, 1.82) is 0 Å². The molecule has 2 heterocycles. The van der Waals surface area contributed by atoms with E-state index in [9.17, 15) is 9.90 Å². The van der Waals surface area contributed by atoms with E-state index in [0.29, 0.717) is 30.9 Å². The first-order valence-electron chi connectivity index (χ1n) is 4.87. The van der Waals surface area contributed by atoms with Crippen LogP contribution in [0.4, 0.5) is 5.69 Å². The molecule has 1 aliphatic heterocycles. The number of β-amino-alcohol motifs (C(OH)–C–C–N with tert-alkyl or cyclic N) is 1. The molecule has 4 N–H and O–H groups in total. The molecule has 1 unspecified atom stereocenters. The third-order valence-corrected chi connectivity index (χ3v) is 2.65. The SMILES string of the molecule is Cc1[nH]nc(C(=O)N2CCC(O)C2)c1N. The number of aliphatic hydroxyl groups excluding tert-OH is 1. The van der Waals surface area contributed by atoms with Crippen LogP contribution in [0.2, 0.25) is 0 Å². The molecule has 0 aliphatic carbocycles. The highest BCUT2D eigenvalue weighted by atomic mass is 16.3. The number of anilines is 1. The zero-order valence-electron chi connectivity index (χ0n) is 8.53. The molecule has 0 aromatic carbocycles. The lowest BCUT2D eigenvalue weighted by Crippen LogP contribution is -2.30. The second-order valence-electron chi connectivity index (χ2n) is 3.80. The van der Waals surface area contributed by atoms with Crippen molar-refractivity contribution in [2.75, 3.05) is 18.8 Å². The summed E-state index contributed by atoms with van der Waals surface area (Å²) in [5.74, 6) is -0.214. The average Bonchev–Trinajstić information content (AvgIpc) is 2.75. The summed E-state index contributed by atoms with van der Waals surface area (Å²) in [5.41, 5.74) is 7.04. The van der Waals surface area contributed by atoms with Gasteiger partial charge >= 0.3 is 0 Å². The number of hydrogen-bond donors (Lipinski definition) is 3. The predicted molar refractivity (Wildman–Crippen MR) is 54.3 cm³/mol. The summed E-state index contributed by atoms with van der Waals surface area (Å²) in [4.78, 5) is 13.4. The number of H-pyrrole nitrogens is 1. The Balaban J connectivity index is 2.18. The van der Waals surface area contributed by atoms with Gasteiger partial charge in [-0.05, 0) is 13.3 Å². The summed E-state index contributed by atoms with van der Waals surface area (Å²) in [6.07, 6.45) is 0.199. The first-order valence-corrected chi connectivity index (χ1v) is 4.87. The van der Waals surface area contributed by atoms with E-state index < -0.39 is 6.10 Å². The highest BCUT2D eigenvalue weighted by molar-refractivity contribution is 5.97. The fourth-order valence-corrected chi connectivity index (χ4v) is 1.68. The Morgan fingerprint density at radius 2 is 2.47 bits per heavy atom. The van der Waals surface area contributed by atoms with Gasteiger partial charge in [0, 0.05) is 13.1 Å². The van der Waals surface area contributed by atoms with Crippen LogP contribution in [0.15, 0.2) is 0 Å². The topological polar surface area (TPSA) is 95.2 Å². The minimum absolute atomic E-state index is 0.214. The Labute approximate surface area is 87.1 Å². The second kappa shape index (κ2) is 3.54. The summed E-state index contributed by atoms with van der Waals surface area (Å²) < 4.78 is 0. The van der Waals surface area contributed by atoms with Gasteiger partial charge in [0.25, 0.3) is 5.91 Å². The number of nitrogens with one attached hydrogen (secondary N) is 1. The molecule has 1 fully saturated rings. The molecule has 15 heavy (non-hydrogen) atoms. The van der Waals surface area contributed by atoms with E-state index in [1.807, 2.05) is 0 Å². The van der Waals surface area contributed by atoms with Crippen LogP contribution in [0.1, 0.15) is 22.6 Å². The zero-order valence-corrected chi connectivity index (χ0v) is 8.53. The molecule has 1 aromatic rings. The first-order chi connectivity index (χ1) is 7.09. The number of nitrogens with zero attached hydrogens (tertiary/aromatic N) is 2. The number of nitrogens with two attached hydrogens (primary N) is 1. The van der Waals surface area contributed by atoms with Crippen molar-refractivity contribution < 1.29 is 9.90 Å². The lowest BCUT2D eigenvalue weighted by Gasteiger charge is -2.13. The maximum absolute atomic E-state index is 11.9. The highest BCUT2D eigenvalue weighted by Crippen LogP contribution is 2.18. The van der Waals surface area contributed by atoms with Gasteiger partial charge in [-0.2, -0.15) is 5.10 Å². The van der Waals surface area contributed by atoms with E-state index >= 15 is 0 Å². The molecule has 2 rings (SSSR count). The summed E-state index contributed by atoms with van der Waals surface area (Å²) >= 11 is 0. The summed E-state index contributed by atoms with van der Waals surface area (Å²) in [7, 11) is 0. The molecule has 0 spiro atoms. The number of likely N-dealkylation sites (tertiary alicyclic amines) is 1. The van der Waals surface area contributed by atoms with E-state index in [-0.39, 0.29) is 11.6 Å². The fourth-order valence-electron chi connectivity index (χ4n) is 1.68. The largest absolute Gasteiger partial charge is 0.395 e. The van der Waals surface area contributed by atoms with Gasteiger partial charge in [0.15, 0.2) is 5.69 Å². The van der Waals surface area contributed by atoms with Gasteiger partial charge in [0.05, 0.1) is 17.5 Å². The lowest BCUT2D eigenvalue weighted by atomic mass is 10.3. The number of hydrogen-bond acceptors (Lipinski definition) is 4. The number of nitrogen functional groups attached to an aromatic ring is 1. The van der Waals surface area contributed by atoms with Crippen LogP contribution >= 0.6 is 0 Å². The number of aryl methyl sites for hydroxylation is 1. The van der Waals surface area contributed by atoms with Gasteiger partial charge in [-0.25, -0.2) is 0 Å². The van der Waals surface area contributed by atoms with Crippen molar-refractivity contribution in [3.05, 3.63) is 11.4 Å². The van der Waals surface area contributed by atoms with E-state index in [2.05, 4.69) is 10.2 Å². The van der Waals surface area contributed by atoms with Crippen LogP contribution in [-0.2, 0) is 0 Å². The smallest absolute Gasteiger partial charge is 0.276 e. The molecule has 6 heteroatoms. The Kier molecular flexibility index (Phi) is 2.36. The quantitative estimate of drug-likeness (QED) is 0.582. The highest BCUT2D eigenvalue weighted by Gasteiger charge is 2.28. The Hall–Kier alpha value is -1.56. The molecular weight excluding hydrogens is 196 g/mol. The zero-order chi connectivity index (χ0) is 11.0. The summed E-state index contributed by atoms with van der Waals surface area (Å²) in [6.45, 7) is 2.69. The minimum atomic E-state index is -0.421. The molecule has 0 radical (unpaired) electrons. The normalized spacial score (nSPS) is 20.9. The number of aromatic nitrogens is 2. The molecule has 0 bridgehead atoms. The number of aromatic amines is 1. The predicted octanol–water partition coefficient (Wildman–Crippen LogP) is -0.493. The fraction of sp³-hybridized carbons (Fsp3) is 0.556. The molecule has 6 nitrogen and oxygen atoms in total. The van der Waals surface area contributed by atoms with Gasteiger partial charge in [0.2, 0.25) is 0 Å². The van der Waals surface area contributed by atoms with Crippen LogP contribution in [0.5, 0.6) is 0 Å². The van der Waals surface area contributed by atoms with E-state index in [1.165, 1.54) is 0 Å². The maximum Gasteiger partial charge on any atom is 0.276 e. The van der Waals surface area contributed by atoms with Gasteiger partial charge in [0.1, 0.15) is 0 Å². The molecule has 82 valence electrons. The third kappa shape index (κ3) is 1.68. The lowest BCUT2D eigenvalue weighted by molar-refractivity contribution is 0.0760. The Morgan fingerprint density at radius 1 is 1.73 bits per heavy atom. The van der Waals surface area contributed by atoms with E-state index in [1.54, 1.807) is 11.8 Å². The maximum atomic E-state index is 11.9. The molecule has 0 saturated carbocycles. The van der Waals surface area contributed by atoms with Crippen LogP contribution in [0.3, 0.4) is 0 Å². The van der Waals surface area contributed by atoms with Crippen molar-refractivity contribution in [1.82, 2.24) is 15.1 Å². The monoisotopic (exact) mass is 210 g/mol. The molecule has 1 atom stereocenters. The third-order valence-electron chi connectivity index (χ3n) is 2.65. The number of aliphatic hydroxyl groups is 1. The number of carbonyl (C=O) groups excluding carboxylic acids is 1. The first kappa shape index (κ1) is 9.97. The molecule has 1 saturated heterocycles. The average molecular weight is 210 g/mol.